The number of hydrogen-bond donors (Lipinski definition) is 1. The zero-order valence-corrected chi connectivity index (χ0v) is 10.9. The predicted molar refractivity (Wildman–Crippen MR) is 69.1 cm³/mol. The lowest BCUT2D eigenvalue weighted by Crippen LogP contribution is -2.27. The van der Waals surface area contributed by atoms with E-state index < -0.39 is 11.4 Å². The van der Waals surface area contributed by atoms with Crippen LogP contribution in [0.1, 0.15) is 35.7 Å². The Morgan fingerprint density at radius 2 is 2.20 bits per heavy atom. The molecule has 1 saturated carbocycles. The molecule has 0 aliphatic heterocycles. The van der Waals surface area contributed by atoms with E-state index in [1.807, 2.05) is 12.1 Å². The van der Waals surface area contributed by atoms with Gasteiger partial charge in [-0.2, -0.15) is 0 Å². The minimum absolute atomic E-state index is 0.200. The maximum atomic E-state index is 11.3. The van der Waals surface area contributed by atoms with Gasteiger partial charge in [-0.05, 0) is 40.8 Å². The number of nitrogens with zero attached hydrogens (tertiary/aromatic N) is 4. The van der Waals surface area contributed by atoms with Crippen molar-refractivity contribution >= 4 is 5.97 Å². The topological polar surface area (TPSA) is 80.9 Å². The summed E-state index contributed by atoms with van der Waals surface area (Å²) in [6, 6.07) is 8.24. The molecule has 0 amide bonds. The lowest BCUT2D eigenvalue weighted by atomic mass is 9.77. The van der Waals surface area contributed by atoms with E-state index in [0.29, 0.717) is 19.4 Å². The third kappa shape index (κ3) is 1.57. The van der Waals surface area contributed by atoms with E-state index in [0.717, 1.165) is 12.2 Å². The molecule has 1 aromatic heterocycles. The second-order valence-electron chi connectivity index (χ2n) is 5.74. The van der Waals surface area contributed by atoms with Gasteiger partial charge >= 0.3 is 5.97 Å². The van der Waals surface area contributed by atoms with Crippen molar-refractivity contribution < 1.29 is 9.90 Å². The zero-order valence-electron chi connectivity index (χ0n) is 10.9. The van der Waals surface area contributed by atoms with E-state index in [-0.39, 0.29) is 5.92 Å². The normalized spacial score (nSPS) is 21.9. The summed E-state index contributed by atoms with van der Waals surface area (Å²) in [7, 11) is 0. The van der Waals surface area contributed by atoms with Crippen LogP contribution in [-0.2, 0) is 17.8 Å². The average molecular weight is 270 g/mol. The third-order valence-electron chi connectivity index (χ3n) is 4.49. The first-order valence-corrected chi connectivity index (χ1v) is 6.77. The molecular weight excluding hydrogens is 256 g/mol. The van der Waals surface area contributed by atoms with Crippen LogP contribution < -0.4 is 0 Å². The average Bonchev–Trinajstić information content (AvgIpc) is 3.06. The molecule has 2 aliphatic carbocycles. The number of fused-ring (bicyclic) bond motifs is 1. The molecule has 0 bridgehead atoms. The van der Waals surface area contributed by atoms with Gasteiger partial charge in [-0.25, -0.2) is 4.68 Å². The van der Waals surface area contributed by atoms with Crippen LogP contribution >= 0.6 is 0 Å². The highest BCUT2D eigenvalue weighted by atomic mass is 16.4. The summed E-state index contributed by atoms with van der Waals surface area (Å²) < 4.78 is 1.68. The highest BCUT2D eigenvalue weighted by Crippen LogP contribution is 2.48. The van der Waals surface area contributed by atoms with Crippen LogP contribution in [-0.4, -0.2) is 31.3 Å². The van der Waals surface area contributed by atoms with Crippen LogP contribution in [0.4, 0.5) is 0 Å². The van der Waals surface area contributed by atoms with Gasteiger partial charge in [0.25, 0.3) is 0 Å². The molecule has 6 nitrogen and oxygen atoms in total. The van der Waals surface area contributed by atoms with Crippen LogP contribution in [0, 0.1) is 5.41 Å². The van der Waals surface area contributed by atoms with Crippen molar-refractivity contribution in [2.45, 2.75) is 31.7 Å². The smallest absolute Gasteiger partial charge is 0.311 e. The zero-order chi connectivity index (χ0) is 13.7. The van der Waals surface area contributed by atoms with E-state index in [1.165, 1.54) is 11.1 Å². The summed E-state index contributed by atoms with van der Waals surface area (Å²) in [6.45, 7) is 0.378. The van der Waals surface area contributed by atoms with E-state index in [1.54, 1.807) is 4.68 Å². The molecule has 1 fully saturated rings. The molecule has 2 aliphatic rings. The van der Waals surface area contributed by atoms with Gasteiger partial charge in [0, 0.05) is 0 Å². The maximum absolute atomic E-state index is 11.3. The van der Waals surface area contributed by atoms with Crippen LogP contribution in [0.5, 0.6) is 0 Å². The molecule has 1 atom stereocenters. The fourth-order valence-electron chi connectivity index (χ4n) is 2.94. The van der Waals surface area contributed by atoms with Crippen LogP contribution in [0.15, 0.2) is 24.3 Å². The van der Waals surface area contributed by atoms with Crippen LogP contribution in [0.2, 0.25) is 0 Å². The Morgan fingerprint density at radius 1 is 1.40 bits per heavy atom. The van der Waals surface area contributed by atoms with Crippen LogP contribution in [0.25, 0.3) is 0 Å². The number of carbonyl (C=O) groups is 1. The Hall–Kier alpha value is -2.24. The number of aromatic nitrogens is 4. The Morgan fingerprint density at radius 3 is 2.90 bits per heavy atom. The summed E-state index contributed by atoms with van der Waals surface area (Å²) in [5.41, 5.74) is 1.93. The van der Waals surface area contributed by atoms with Gasteiger partial charge in [0.05, 0.1) is 17.9 Å². The lowest BCUT2D eigenvalue weighted by Gasteiger charge is -2.29. The van der Waals surface area contributed by atoms with Gasteiger partial charge in [0.2, 0.25) is 0 Å². The highest BCUT2D eigenvalue weighted by molar-refractivity contribution is 5.77. The third-order valence-corrected chi connectivity index (χ3v) is 4.49. The van der Waals surface area contributed by atoms with Gasteiger partial charge in [0.1, 0.15) is 0 Å². The molecule has 1 unspecified atom stereocenters. The molecule has 20 heavy (non-hydrogen) atoms. The molecule has 1 N–H and O–H groups in total. The largest absolute Gasteiger partial charge is 0.481 e. The Bertz CT molecular complexity index is 690. The summed E-state index contributed by atoms with van der Waals surface area (Å²) in [5.74, 6) is 0.245. The van der Waals surface area contributed by atoms with Crippen molar-refractivity contribution in [1.82, 2.24) is 20.2 Å². The minimum Gasteiger partial charge on any atom is -0.481 e. The molecule has 0 saturated heterocycles. The SMILES string of the molecule is O=C(O)C1(Cn2nnnc2C2Cc3ccccc32)CC1. The van der Waals surface area contributed by atoms with Crippen molar-refractivity contribution in [3.05, 3.63) is 41.2 Å². The number of hydrogen-bond acceptors (Lipinski definition) is 4. The fraction of sp³-hybridized carbons (Fsp3) is 0.429. The summed E-state index contributed by atoms with van der Waals surface area (Å²) in [4.78, 5) is 11.3. The van der Waals surface area contributed by atoms with Crippen molar-refractivity contribution in [3.63, 3.8) is 0 Å². The van der Waals surface area contributed by atoms with Crippen molar-refractivity contribution in [3.8, 4) is 0 Å². The summed E-state index contributed by atoms with van der Waals surface area (Å²) in [6.07, 6.45) is 2.35. The van der Waals surface area contributed by atoms with Crippen molar-refractivity contribution in [1.29, 1.82) is 0 Å². The molecule has 0 radical (unpaired) electrons. The number of tetrazole rings is 1. The Kier molecular flexibility index (Phi) is 2.24. The number of aliphatic carboxylic acids is 1. The first kappa shape index (κ1) is 11.6. The summed E-state index contributed by atoms with van der Waals surface area (Å²) in [5, 5.41) is 21.1. The Balaban J connectivity index is 1.63. The van der Waals surface area contributed by atoms with E-state index >= 15 is 0 Å². The fourth-order valence-corrected chi connectivity index (χ4v) is 2.94. The quantitative estimate of drug-likeness (QED) is 0.903. The first-order chi connectivity index (χ1) is 9.70. The number of carboxylic acid groups (broad SMARTS) is 1. The number of benzene rings is 1. The second kappa shape index (κ2) is 3.88. The molecule has 1 aromatic carbocycles. The van der Waals surface area contributed by atoms with E-state index in [9.17, 15) is 9.90 Å². The van der Waals surface area contributed by atoms with E-state index in [4.69, 9.17) is 0 Å². The molecule has 1 heterocycles. The number of rotatable bonds is 4. The summed E-state index contributed by atoms with van der Waals surface area (Å²) >= 11 is 0. The van der Waals surface area contributed by atoms with Gasteiger partial charge in [-0.15, -0.1) is 5.10 Å². The monoisotopic (exact) mass is 270 g/mol. The van der Waals surface area contributed by atoms with E-state index in [2.05, 4.69) is 27.7 Å². The molecule has 2 aromatic rings. The first-order valence-electron chi connectivity index (χ1n) is 6.77. The minimum atomic E-state index is -0.743. The Labute approximate surface area is 115 Å². The van der Waals surface area contributed by atoms with Gasteiger partial charge < -0.3 is 5.11 Å². The molecule has 102 valence electrons. The highest BCUT2D eigenvalue weighted by Gasteiger charge is 2.51. The molecular formula is C14H14N4O2. The lowest BCUT2D eigenvalue weighted by molar-refractivity contribution is -0.144. The van der Waals surface area contributed by atoms with Crippen LogP contribution in [0.3, 0.4) is 0 Å². The second-order valence-corrected chi connectivity index (χ2v) is 5.74. The standard InChI is InChI=1S/C14H14N4O2/c19-13(20)14(5-6-14)8-18-12(15-16-17-18)11-7-9-3-1-2-4-10(9)11/h1-4,11H,5-8H2,(H,19,20). The van der Waals surface area contributed by atoms with Gasteiger partial charge in [0.15, 0.2) is 5.82 Å². The molecule has 0 spiro atoms. The van der Waals surface area contributed by atoms with Gasteiger partial charge in [-0.3, -0.25) is 4.79 Å². The molecule has 6 heteroatoms. The van der Waals surface area contributed by atoms with Crippen molar-refractivity contribution in [2.24, 2.45) is 5.41 Å². The number of carboxylic acids is 1. The predicted octanol–water partition coefficient (Wildman–Crippen LogP) is 1.23. The van der Waals surface area contributed by atoms with Crippen molar-refractivity contribution in [2.75, 3.05) is 0 Å². The molecule has 4 rings (SSSR count). The maximum Gasteiger partial charge on any atom is 0.311 e. The van der Waals surface area contributed by atoms with Gasteiger partial charge in [-0.1, -0.05) is 24.3 Å².